The lowest BCUT2D eigenvalue weighted by atomic mass is 9.67. The molecule has 1 aliphatic carbocycles. The second kappa shape index (κ2) is 9.22. The van der Waals surface area contributed by atoms with Crippen LogP contribution in [0, 0.1) is 0 Å². The first-order chi connectivity index (χ1) is 21.2. The Morgan fingerprint density at radius 3 is 1.81 bits per heavy atom. The quantitative estimate of drug-likeness (QED) is 0.186. The lowest BCUT2D eigenvalue weighted by Crippen LogP contribution is -2.28. The first-order valence-corrected chi connectivity index (χ1v) is 15.3. The van der Waals surface area contributed by atoms with E-state index in [1.807, 2.05) is 0 Å². The van der Waals surface area contributed by atoms with Crippen LogP contribution >= 0.6 is 15.9 Å². The maximum atomic E-state index is 4.85. The number of benzene rings is 6. The molecule has 0 saturated heterocycles. The van der Waals surface area contributed by atoms with Gasteiger partial charge < -0.3 is 0 Å². The van der Waals surface area contributed by atoms with Crippen LogP contribution in [0.25, 0.3) is 49.8 Å². The minimum absolute atomic E-state index is 0.498. The van der Waals surface area contributed by atoms with Crippen molar-refractivity contribution in [3.63, 3.8) is 0 Å². The number of fused-ring (bicyclic) bond motifs is 9. The van der Waals surface area contributed by atoms with Crippen LogP contribution in [0.4, 0.5) is 0 Å². The molecule has 3 nitrogen and oxygen atoms in total. The van der Waals surface area contributed by atoms with Crippen molar-refractivity contribution in [2.75, 3.05) is 0 Å². The molecule has 0 unspecified atom stereocenters. The molecule has 1 aliphatic rings. The highest BCUT2D eigenvalue weighted by molar-refractivity contribution is 9.10. The number of hydrogen-bond acceptors (Lipinski definition) is 2. The zero-order valence-electron chi connectivity index (χ0n) is 23.1. The maximum Gasteiger partial charge on any atom is 0.169 e. The van der Waals surface area contributed by atoms with Crippen molar-refractivity contribution in [2.24, 2.45) is 0 Å². The molecule has 0 spiro atoms. The average Bonchev–Trinajstić information content (AvgIpc) is 3.64. The Kier molecular flexibility index (Phi) is 5.26. The van der Waals surface area contributed by atoms with Gasteiger partial charge in [0.2, 0.25) is 0 Å². The summed E-state index contributed by atoms with van der Waals surface area (Å²) in [4.78, 5) is 0. The van der Waals surface area contributed by atoms with Crippen molar-refractivity contribution in [3.05, 3.63) is 172 Å². The lowest BCUT2D eigenvalue weighted by Gasteiger charge is -2.34. The minimum Gasteiger partial charge on any atom is -0.274 e. The molecule has 0 bridgehead atoms. The number of rotatable bonds is 3. The molecule has 0 atom stereocenters. The van der Waals surface area contributed by atoms with Crippen molar-refractivity contribution in [1.29, 1.82) is 0 Å². The van der Waals surface area contributed by atoms with Crippen molar-refractivity contribution in [3.8, 4) is 22.5 Å². The van der Waals surface area contributed by atoms with Crippen LogP contribution in [-0.2, 0) is 5.41 Å². The molecule has 2 heterocycles. The SMILES string of the molecule is Brc1ccc2c(c1)C(c1ccccc1)(c1ccccc1)c1cc(-c3nnc4c5ccccc5c5ccccc5n34)ccc1-2. The van der Waals surface area contributed by atoms with E-state index in [0.29, 0.717) is 0 Å². The molecule has 202 valence electrons. The van der Waals surface area contributed by atoms with Crippen LogP contribution < -0.4 is 0 Å². The third kappa shape index (κ3) is 3.35. The van der Waals surface area contributed by atoms with Crippen LogP contribution in [0.2, 0.25) is 0 Å². The van der Waals surface area contributed by atoms with Crippen LogP contribution in [0.15, 0.2) is 150 Å². The van der Waals surface area contributed by atoms with Gasteiger partial charge in [0, 0.05) is 20.8 Å². The summed E-state index contributed by atoms with van der Waals surface area (Å²) < 4.78 is 3.29. The van der Waals surface area contributed by atoms with Crippen LogP contribution in [-0.4, -0.2) is 14.6 Å². The molecular formula is C39H24BrN3. The van der Waals surface area contributed by atoms with Crippen molar-refractivity contribution >= 4 is 43.3 Å². The zero-order valence-corrected chi connectivity index (χ0v) is 24.7. The van der Waals surface area contributed by atoms with Gasteiger partial charge in [0.05, 0.1) is 10.9 Å². The highest BCUT2D eigenvalue weighted by Crippen LogP contribution is 2.57. The molecule has 43 heavy (non-hydrogen) atoms. The number of para-hydroxylation sites is 1. The van der Waals surface area contributed by atoms with E-state index in [2.05, 4.69) is 166 Å². The Labute approximate surface area is 257 Å². The normalized spacial score (nSPS) is 13.4. The van der Waals surface area contributed by atoms with Crippen LogP contribution in [0.1, 0.15) is 22.3 Å². The molecule has 4 heteroatoms. The van der Waals surface area contributed by atoms with Gasteiger partial charge >= 0.3 is 0 Å². The van der Waals surface area contributed by atoms with E-state index in [4.69, 9.17) is 10.2 Å². The molecule has 2 aromatic heterocycles. The van der Waals surface area contributed by atoms with E-state index >= 15 is 0 Å². The van der Waals surface area contributed by atoms with E-state index in [1.54, 1.807) is 0 Å². The third-order valence-corrected chi connectivity index (χ3v) is 9.53. The van der Waals surface area contributed by atoms with Gasteiger partial charge in [-0.3, -0.25) is 4.40 Å². The highest BCUT2D eigenvalue weighted by Gasteiger charge is 2.46. The fourth-order valence-corrected chi connectivity index (χ4v) is 7.64. The summed E-state index contributed by atoms with van der Waals surface area (Å²) >= 11 is 3.80. The number of aromatic nitrogens is 3. The summed E-state index contributed by atoms with van der Waals surface area (Å²) in [7, 11) is 0. The smallest absolute Gasteiger partial charge is 0.169 e. The van der Waals surface area contributed by atoms with Gasteiger partial charge in [0.25, 0.3) is 0 Å². The largest absolute Gasteiger partial charge is 0.274 e. The minimum atomic E-state index is -0.498. The molecular weight excluding hydrogens is 590 g/mol. The van der Waals surface area contributed by atoms with E-state index in [9.17, 15) is 0 Å². The van der Waals surface area contributed by atoms with Crippen molar-refractivity contribution in [2.45, 2.75) is 5.41 Å². The van der Waals surface area contributed by atoms with Gasteiger partial charge in [-0.15, -0.1) is 10.2 Å². The predicted molar refractivity (Wildman–Crippen MR) is 178 cm³/mol. The van der Waals surface area contributed by atoms with E-state index in [1.165, 1.54) is 44.2 Å². The summed E-state index contributed by atoms with van der Waals surface area (Å²) in [5.41, 5.74) is 9.99. The summed E-state index contributed by atoms with van der Waals surface area (Å²) in [6.07, 6.45) is 0. The molecule has 6 aromatic carbocycles. The van der Waals surface area contributed by atoms with Crippen LogP contribution in [0.5, 0.6) is 0 Å². The Morgan fingerprint density at radius 1 is 0.512 bits per heavy atom. The monoisotopic (exact) mass is 613 g/mol. The Bertz CT molecular complexity index is 2320. The third-order valence-electron chi connectivity index (χ3n) is 9.04. The molecule has 9 rings (SSSR count). The predicted octanol–water partition coefficient (Wildman–Crippen LogP) is 9.83. The summed E-state index contributed by atoms with van der Waals surface area (Å²) in [6.45, 7) is 0. The average molecular weight is 615 g/mol. The number of nitrogens with zero attached hydrogens (tertiary/aromatic N) is 3. The van der Waals surface area contributed by atoms with Gasteiger partial charge in [-0.2, -0.15) is 0 Å². The Hall–Kier alpha value is -5.06. The van der Waals surface area contributed by atoms with Gasteiger partial charge in [0.1, 0.15) is 0 Å². The molecule has 8 aromatic rings. The number of hydrogen-bond donors (Lipinski definition) is 0. The fourth-order valence-electron chi connectivity index (χ4n) is 7.28. The second-order valence-corrected chi connectivity index (χ2v) is 12.1. The summed E-state index contributed by atoms with van der Waals surface area (Å²) in [6, 6.07) is 52.3. The number of pyridine rings is 1. The summed E-state index contributed by atoms with van der Waals surface area (Å²) in [5.74, 6) is 0.840. The van der Waals surface area contributed by atoms with E-state index < -0.39 is 5.41 Å². The zero-order chi connectivity index (χ0) is 28.5. The lowest BCUT2D eigenvalue weighted by molar-refractivity contribution is 0.768. The van der Waals surface area contributed by atoms with Gasteiger partial charge in [-0.05, 0) is 63.0 Å². The molecule has 0 radical (unpaired) electrons. The summed E-state index contributed by atoms with van der Waals surface area (Å²) in [5, 5.41) is 13.1. The van der Waals surface area contributed by atoms with Crippen molar-refractivity contribution < 1.29 is 0 Å². The first kappa shape index (κ1) is 24.5. The topological polar surface area (TPSA) is 30.2 Å². The van der Waals surface area contributed by atoms with Gasteiger partial charge in [-0.1, -0.05) is 137 Å². The standard InChI is InChI=1S/C39H24BrN3/c40-28-20-22-31-30-21-19-25(37-41-42-38-33-17-8-7-15-29(33)32-16-9-10-18-36(32)43(37)38)23-34(30)39(35(31)24-28,26-11-3-1-4-12-26)27-13-5-2-6-14-27/h1-24H. The molecule has 0 amide bonds. The molecule has 0 fully saturated rings. The molecule has 0 saturated carbocycles. The van der Waals surface area contributed by atoms with Gasteiger partial charge in [-0.25, -0.2) is 0 Å². The second-order valence-electron chi connectivity index (χ2n) is 11.2. The van der Waals surface area contributed by atoms with Gasteiger partial charge in [0.15, 0.2) is 11.5 Å². The molecule has 0 aliphatic heterocycles. The Balaban J connectivity index is 1.40. The van der Waals surface area contributed by atoms with E-state index in [0.717, 1.165) is 32.4 Å². The maximum absolute atomic E-state index is 4.85. The molecule has 0 N–H and O–H groups in total. The number of halogens is 1. The van der Waals surface area contributed by atoms with Crippen LogP contribution in [0.3, 0.4) is 0 Å². The van der Waals surface area contributed by atoms with Crippen molar-refractivity contribution in [1.82, 2.24) is 14.6 Å². The van der Waals surface area contributed by atoms with E-state index in [-0.39, 0.29) is 0 Å². The first-order valence-electron chi connectivity index (χ1n) is 14.5. The Morgan fingerprint density at radius 2 is 1.09 bits per heavy atom. The highest BCUT2D eigenvalue weighted by atomic mass is 79.9. The fraction of sp³-hybridized carbons (Fsp3) is 0.0256.